The van der Waals surface area contributed by atoms with Crippen LogP contribution in [-0.4, -0.2) is 22.1 Å². The van der Waals surface area contributed by atoms with E-state index in [4.69, 9.17) is 0 Å². The van der Waals surface area contributed by atoms with Gasteiger partial charge in [0.2, 0.25) is 0 Å². The van der Waals surface area contributed by atoms with Gasteiger partial charge < -0.3 is 0 Å². The number of pyridine rings is 2. The van der Waals surface area contributed by atoms with Gasteiger partial charge in [-0.05, 0) is 34.1 Å². The van der Waals surface area contributed by atoms with Crippen molar-refractivity contribution in [1.29, 1.82) is 0 Å². The molecule has 0 radical (unpaired) electrons. The van der Waals surface area contributed by atoms with Crippen molar-refractivity contribution in [2.75, 3.05) is 0 Å². The second-order valence-corrected chi connectivity index (χ2v) is 4.26. The van der Waals surface area contributed by atoms with E-state index in [1.807, 2.05) is 12.1 Å². The third-order valence-corrected chi connectivity index (χ3v) is 2.45. The molecule has 18 heavy (non-hydrogen) atoms. The summed E-state index contributed by atoms with van der Waals surface area (Å²) in [7, 11) is 0. The Morgan fingerprint density at radius 2 is 2.28 bits per heavy atom. The molecule has 0 saturated carbocycles. The fraction of sp³-hybridized carbons (Fsp3) is 0. The Balaban J connectivity index is 1.99. The van der Waals surface area contributed by atoms with Crippen molar-refractivity contribution in [2.45, 2.75) is 0 Å². The van der Waals surface area contributed by atoms with E-state index in [-0.39, 0.29) is 5.91 Å². The van der Waals surface area contributed by atoms with Gasteiger partial charge in [0.05, 0.1) is 17.5 Å². The van der Waals surface area contributed by atoms with Gasteiger partial charge >= 0.3 is 0 Å². The normalized spacial score (nSPS) is 10.5. The van der Waals surface area contributed by atoms with Crippen LogP contribution in [0.4, 0.5) is 0 Å². The number of nitrogens with one attached hydrogen (secondary N) is 1. The maximum atomic E-state index is 11.7. The highest BCUT2D eigenvalue weighted by molar-refractivity contribution is 9.10. The van der Waals surface area contributed by atoms with Crippen molar-refractivity contribution in [1.82, 2.24) is 15.4 Å². The van der Waals surface area contributed by atoms with Gasteiger partial charge in [-0.2, -0.15) is 5.10 Å². The molecule has 0 aliphatic carbocycles. The van der Waals surface area contributed by atoms with E-state index in [0.29, 0.717) is 11.3 Å². The van der Waals surface area contributed by atoms with Gasteiger partial charge in [0.15, 0.2) is 0 Å². The first kappa shape index (κ1) is 12.4. The summed E-state index contributed by atoms with van der Waals surface area (Å²) in [6, 6.07) is 7.10. The van der Waals surface area contributed by atoms with Crippen molar-refractivity contribution in [3.63, 3.8) is 0 Å². The maximum Gasteiger partial charge on any atom is 0.272 e. The third-order valence-electron chi connectivity index (χ3n) is 2.02. The predicted molar refractivity (Wildman–Crippen MR) is 71.2 cm³/mol. The van der Waals surface area contributed by atoms with E-state index < -0.39 is 0 Å². The molecule has 2 aromatic heterocycles. The van der Waals surface area contributed by atoms with E-state index in [0.717, 1.165) is 4.47 Å². The molecule has 1 amide bonds. The summed E-state index contributed by atoms with van der Waals surface area (Å²) in [6.45, 7) is 0. The molecule has 2 aromatic rings. The van der Waals surface area contributed by atoms with Gasteiger partial charge in [-0.15, -0.1) is 0 Å². The van der Waals surface area contributed by atoms with Gasteiger partial charge in [-0.25, -0.2) is 5.43 Å². The first-order chi connectivity index (χ1) is 8.75. The van der Waals surface area contributed by atoms with Crippen molar-refractivity contribution < 1.29 is 4.79 Å². The molecule has 5 nitrogen and oxygen atoms in total. The van der Waals surface area contributed by atoms with Crippen LogP contribution < -0.4 is 5.43 Å². The van der Waals surface area contributed by atoms with E-state index in [1.54, 1.807) is 24.5 Å². The summed E-state index contributed by atoms with van der Waals surface area (Å²) in [4.78, 5) is 19.6. The third kappa shape index (κ3) is 3.46. The number of halogens is 1. The molecule has 2 rings (SSSR count). The lowest BCUT2D eigenvalue weighted by Gasteiger charge is -1.99. The first-order valence-corrected chi connectivity index (χ1v) is 5.90. The van der Waals surface area contributed by atoms with Crippen LogP contribution in [-0.2, 0) is 0 Å². The topological polar surface area (TPSA) is 67.2 Å². The molecule has 2 heterocycles. The fourth-order valence-electron chi connectivity index (χ4n) is 1.21. The monoisotopic (exact) mass is 304 g/mol. The van der Waals surface area contributed by atoms with Crippen molar-refractivity contribution >= 4 is 28.1 Å². The molecule has 1 N–H and O–H groups in total. The summed E-state index contributed by atoms with van der Waals surface area (Å²) >= 11 is 3.24. The summed E-state index contributed by atoms with van der Waals surface area (Å²) in [5.41, 5.74) is 3.51. The average molecular weight is 305 g/mol. The number of amides is 1. The molecule has 0 aliphatic heterocycles. The number of hydrazone groups is 1. The highest BCUT2D eigenvalue weighted by Crippen LogP contribution is 2.09. The van der Waals surface area contributed by atoms with Gasteiger partial charge in [0, 0.05) is 23.1 Å². The van der Waals surface area contributed by atoms with Crippen LogP contribution in [0, 0.1) is 0 Å². The van der Waals surface area contributed by atoms with Crippen molar-refractivity contribution in [3.8, 4) is 0 Å². The Morgan fingerprint density at radius 3 is 3.00 bits per heavy atom. The highest BCUT2D eigenvalue weighted by atomic mass is 79.9. The molecule has 90 valence electrons. The Morgan fingerprint density at radius 1 is 1.39 bits per heavy atom. The van der Waals surface area contributed by atoms with Crippen LogP contribution in [0.15, 0.2) is 52.4 Å². The highest BCUT2D eigenvalue weighted by Gasteiger charge is 2.04. The number of hydrogen-bond acceptors (Lipinski definition) is 4. The Hall–Kier alpha value is -2.08. The zero-order valence-corrected chi connectivity index (χ0v) is 10.8. The molecule has 6 heteroatoms. The van der Waals surface area contributed by atoms with Gasteiger partial charge in [-0.3, -0.25) is 14.8 Å². The first-order valence-electron chi connectivity index (χ1n) is 5.11. The average Bonchev–Trinajstić information content (AvgIpc) is 2.40. The van der Waals surface area contributed by atoms with E-state index >= 15 is 0 Å². The molecule has 0 unspecified atom stereocenters. The Kier molecular flexibility index (Phi) is 4.14. The largest absolute Gasteiger partial charge is 0.272 e. The molecule has 0 fully saturated rings. The summed E-state index contributed by atoms with van der Waals surface area (Å²) in [6.07, 6.45) is 6.20. The Bertz CT molecular complexity index is 571. The number of carbonyl (C=O) groups is 1. The van der Waals surface area contributed by atoms with Gasteiger partial charge in [0.25, 0.3) is 5.91 Å². The minimum Gasteiger partial charge on any atom is -0.267 e. The number of hydrogen-bond donors (Lipinski definition) is 1. The van der Waals surface area contributed by atoms with Crippen LogP contribution in [0.1, 0.15) is 16.1 Å². The Labute approximate surface area is 112 Å². The van der Waals surface area contributed by atoms with E-state index in [2.05, 4.69) is 36.4 Å². The van der Waals surface area contributed by atoms with E-state index in [9.17, 15) is 4.79 Å². The van der Waals surface area contributed by atoms with Crippen LogP contribution >= 0.6 is 15.9 Å². The van der Waals surface area contributed by atoms with Crippen molar-refractivity contribution in [2.24, 2.45) is 5.10 Å². The van der Waals surface area contributed by atoms with E-state index in [1.165, 1.54) is 12.4 Å². The molecule has 0 bridgehead atoms. The lowest BCUT2D eigenvalue weighted by Crippen LogP contribution is -2.17. The number of rotatable bonds is 3. The maximum absolute atomic E-state index is 11.7. The minimum absolute atomic E-state index is 0.323. The fourth-order valence-corrected chi connectivity index (χ4v) is 1.57. The van der Waals surface area contributed by atoms with Crippen LogP contribution in [0.2, 0.25) is 0 Å². The summed E-state index contributed by atoms with van der Waals surface area (Å²) < 4.78 is 0.740. The second-order valence-electron chi connectivity index (χ2n) is 3.35. The van der Waals surface area contributed by atoms with Crippen LogP contribution in [0.25, 0.3) is 0 Å². The molecular weight excluding hydrogens is 296 g/mol. The van der Waals surface area contributed by atoms with Crippen LogP contribution in [0.5, 0.6) is 0 Å². The standard InChI is InChI=1S/C12H9BrN4O/c13-10-5-9(6-14-7-10)12(18)17-16-8-11-3-1-2-4-15-11/h1-8H,(H,17,18)/b16-8-. The molecule has 0 aliphatic rings. The molecule has 0 aromatic carbocycles. The SMILES string of the molecule is O=C(N/N=C\c1ccccn1)c1cncc(Br)c1. The van der Waals surface area contributed by atoms with Gasteiger partial charge in [0.1, 0.15) is 0 Å². The summed E-state index contributed by atoms with van der Waals surface area (Å²) in [5, 5.41) is 3.82. The minimum atomic E-state index is -0.323. The molecule has 0 atom stereocenters. The number of nitrogens with zero attached hydrogens (tertiary/aromatic N) is 3. The number of aromatic nitrogens is 2. The zero-order chi connectivity index (χ0) is 12.8. The summed E-state index contributed by atoms with van der Waals surface area (Å²) in [5.74, 6) is -0.323. The lowest BCUT2D eigenvalue weighted by atomic mass is 10.3. The second kappa shape index (κ2) is 6.02. The number of carbonyl (C=O) groups excluding carboxylic acids is 1. The van der Waals surface area contributed by atoms with Crippen LogP contribution in [0.3, 0.4) is 0 Å². The predicted octanol–water partition coefficient (Wildman–Crippen LogP) is 2.00. The van der Waals surface area contributed by atoms with Crippen molar-refractivity contribution in [3.05, 3.63) is 58.6 Å². The zero-order valence-electron chi connectivity index (χ0n) is 9.25. The quantitative estimate of drug-likeness (QED) is 0.696. The van der Waals surface area contributed by atoms with Gasteiger partial charge in [-0.1, -0.05) is 6.07 Å². The smallest absolute Gasteiger partial charge is 0.267 e. The lowest BCUT2D eigenvalue weighted by molar-refractivity contribution is 0.0954. The molecule has 0 spiro atoms. The molecule has 0 saturated heterocycles. The molecular formula is C12H9BrN4O.